The third-order valence-electron chi connectivity index (χ3n) is 5.00. The van der Waals surface area contributed by atoms with Crippen molar-refractivity contribution in [1.82, 2.24) is 3.96 Å². The van der Waals surface area contributed by atoms with Crippen LogP contribution in [0.25, 0.3) is 10.1 Å². The first-order chi connectivity index (χ1) is 12.8. The third-order valence-corrected chi connectivity index (χ3v) is 6.15. The van der Waals surface area contributed by atoms with Crippen LogP contribution >= 0.6 is 11.5 Å². The van der Waals surface area contributed by atoms with Crippen molar-refractivity contribution in [1.29, 1.82) is 0 Å². The molecule has 1 aromatic heterocycles. The Hall–Kier alpha value is -2.11. The second-order valence-electron chi connectivity index (χ2n) is 6.69. The van der Waals surface area contributed by atoms with Gasteiger partial charge in [-0.05, 0) is 24.1 Å². The summed E-state index contributed by atoms with van der Waals surface area (Å²) in [6, 6.07) is 16.7. The summed E-state index contributed by atoms with van der Waals surface area (Å²) in [4.78, 5) is 15.7. The normalized spacial score (nSPS) is 16.1. The fraction of sp³-hybridized carbons (Fsp3) is 0.381. The number of rotatable bonds is 5. The molecule has 0 N–H and O–H groups in total. The van der Waals surface area contributed by atoms with Gasteiger partial charge in [0.1, 0.15) is 0 Å². The molecule has 136 valence electrons. The number of morpholine rings is 1. The van der Waals surface area contributed by atoms with Crippen LogP contribution in [-0.2, 0) is 4.74 Å². The Bertz CT molecular complexity index is 926. The lowest BCUT2D eigenvalue weighted by Crippen LogP contribution is -2.36. The van der Waals surface area contributed by atoms with E-state index in [2.05, 4.69) is 54.3 Å². The summed E-state index contributed by atoms with van der Waals surface area (Å²) in [5.74, 6) is 0. The van der Waals surface area contributed by atoms with Gasteiger partial charge in [0.15, 0.2) is 0 Å². The van der Waals surface area contributed by atoms with Crippen LogP contribution in [0, 0.1) is 0 Å². The van der Waals surface area contributed by atoms with Crippen LogP contribution in [0.4, 0.5) is 5.69 Å². The van der Waals surface area contributed by atoms with Crippen molar-refractivity contribution in [2.45, 2.75) is 25.8 Å². The second kappa shape index (κ2) is 7.64. The maximum atomic E-state index is 13.4. The highest BCUT2D eigenvalue weighted by Gasteiger charge is 2.22. The Morgan fingerprint density at radius 3 is 2.58 bits per heavy atom. The van der Waals surface area contributed by atoms with Crippen molar-refractivity contribution in [2.24, 2.45) is 0 Å². The molecular weight excluding hydrogens is 344 g/mol. The fourth-order valence-electron chi connectivity index (χ4n) is 3.71. The van der Waals surface area contributed by atoms with Crippen molar-refractivity contribution >= 4 is 27.3 Å². The highest BCUT2D eigenvalue weighted by atomic mass is 32.1. The molecule has 1 unspecified atom stereocenters. The maximum absolute atomic E-state index is 13.4. The van der Waals surface area contributed by atoms with Crippen LogP contribution in [0.3, 0.4) is 0 Å². The van der Waals surface area contributed by atoms with Gasteiger partial charge in [0.2, 0.25) is 0 Å². The standard InChI is InChI=1S/C21H24N2O2S/c1-2-7-17(16-8-4-3-5-9-16)23-21(24)20-18(10-6-11-19(20)26-23)22-12-14-25-15-13-22/h3-6,8-11,17H,2,7,12-15H2,1H3. The minimum atomic E-state index is 0.101. The Kier molecular flexibility index (Phi) is 5.09. The number of hydrogen-bond acceptors (Lipinski definition) is 4. The molecule has 1 saturated heterocycles. The van der Waals surface area contributed by atoms with Crippen molar-refractivity contribution in [3.8, 4) is 0 Å². The number of fused-ring (bicyclic) bond motifs is 1. The van der Waals surface area contributed by atoms with E-state index in [0.717, 1.165) is 54.9 Å². The van der Waals surface area contributed by atoms with E-state index in [9.17, 15) is 4.79 Å². The lowest BCUT2D eigenvalue weighted by molar-refractivity contribution is 0.123. The predicted octanol–water partition coefficient (Wildman–Crippen LogP) is 4.29. The first-order valence-corrected chi connectivity index (χ1v) is 10.1. The molecule has 0 aliphatic carbocycles. The van der Waals surface area contributed by atoms with E-state index in [1.807, 2.05) is 10.0 Å². The molecule has 4 nitrogen and oxygen atoms in total. The Balaban J connectivity index is 1.83. The van der Waals surface area contributed by atoms with Crippen LogP contribution in [0.5, 0.6) is 0 Å². The van der Waals surface area contributed by atoms with Gasteiger partial charge in [-0.3, -0.25) is 8.75 Å². The predicted molar refractivity (Wildman–Crippen MR) is 109 cm³/mol. The molecule has 0 bridgehead atoms. The second-order valence-corrected chi connectivity index (χ2v) is 7.70. The third kappa shape index (κ3) is 3.17. The van der Waals surface area contributed by atoms with E-state index in [-0.39, 0.29) is 11.6 Å². The summed E-state index contributed by atoms with van der Waals surface area (Å²) in [6.45, 7) is 5.29. The Labute approximate surface area is 157 Å². The molecule has 1 aliphatic rings. The van der Waals surface area contributed by atoms with Gasteiger partial charge >= 0.3 is 0 Å². The lowest BCUT2D eigenvalue weighted by atomic mass is 10.0. The Morgan fingerprint density at radius 1 is 1.08 bits per heavy atom. The fourth-order valence-corrected chi connectivity index (χ4v) is 4.87. The van der Waals surface area contributed by atoms with Crippen LogP contribution in [0.1, 0.15) is 31.4 Å². The molecule has 0 saturated carbocycles. The summed E-state index contributed by atoms with van der Waals surface area (Å²) in [6.07, 6.45) is 2.00. The largest absolute Gasteiger partial charge is 0.378 e. The molecule has 2 aromatic carbocycles. The van der Waals surface area contributed by atoms with E-state index < -0.39 is 0 Å². The molecule has 0 amide bonds. The van der Waals surface area contributed by atoms with Gasteiger partial charge in [-0.2, -0.15) is 0 Å². The SMILES string of the molecule is CCCC(c1ccccc1)n1sc2cccc(N3CCOCC3)c2c1=O. The first-order valence-electron chi connectivity index (χ1n) is 9.31. The van der Waals surface area contributed by atoms with Crippen LogP contribution < -0.4 is 10.5 Å². The van der Waals surface area contributed by atoms with Gasteiger partial charge < -0.3 is 9.64 Å². The minimum absolute atomic E-state index is 0.101. The highest BCUT2D eigenvalue weighted by molar-refractivity contribution is 7.14. The number of anilines is 1. The molecule has 4 rings (SSSR count). The number of benzene rings is 2. The zero-order valence-electron chi connectivity index (χ0n) is 15.1. The number of aromatic nitrogens is 1. The minimum Gasteiger partial charge on any atom is -0.378 e. The van der Waals surface area contributed by atoms with Gasteiger partial charge in [-0.25, -0.2) is 0 Å². The van der Waals surface area contributed by atoms with Gasteiger partial charge in [0, 0.05) is 13.1 Å². The van der Waals surface area contributed by atoms with Crippen LogP contribution in [0.15, 0.2) is 53.3 Å². The van der Waals surface area contributed by atoms with Gasteiger partial charge in [0.25, 0.3) is 5.56 Å². The molecule has 0 spiro atoms. The average molecular weight is 369 g/mol. The number of nitrogens with zero attached hydrogens (tertiary/aromatic N) is 2. The number of ether oxygens (including phenoxy) is 1. The monoisotopic (exact) mass is 368 g/mol. The zero-order valence-corrected chi connectivity index (χ0v) is 15.9. The lowest BCUT2D eigenvalue weighted by Gasteiger charge is -2.29. The summed E-state index contributed by atoms with van der Waals surface area (Å²) in [5.41, 5.74) is 2.39. The van der Waals surface area contributed by atoms with Crippen LogP contribution in [-0.4, -0.2) is 30.3 Å². The van der Waals surface area contributed by atoms with Gasteiger partial charge in [-0.1, -0.05) is 61.3 Å². The summed E-state index contributed by atoms with van der Waals surface area (Å²) in [5, 5.41) is 0.858. The van der Waals surface area contributed by atoms with Crippen molar-refractivity contribution in [3.05, 3.63) is 64.4 Å². The van der Waals surface area contributed by atoms with E-state index in [1.165, 1.54) is 5.56 Å². The molecule has 1 atom stereocenters. The molecule has 1 fully saturated rings. The molecule has 5 heteroatoms. The van der Waals surface area contributed by atoms with Gasteiger partial charge in [-0.15, -0.1) is 0 Å². The zero-order chi connectivity index (χ0) is 17.9. The summed E-state index contributed by atoms with van der Waals surface area (Å²) < 4.78 is 8.52. The van der Waals surface area contributed by atoms with Crippen molar-refractivity contribution in [3.63, 3.8) is 0 Å². The van der Waals surface area contributed by atoms with E-state index in [4.69, 9.17) is 4.74 Å². The molecule has 2 heterocycles. The summed E-state index contributed by atoms with van der Waals surface area (Å²) in [7, 11) is 0. The van der Waals surface area contributed by atoms with E-state index in [0.29, 0.717) is 0 Å². The molecule has 3 aromatic rings. The van der Waals surface area contributed by atoms with Crippen LogP contribution in [0.2, 0.25) is 0 Å². The first kappa shape index (κ1) is 17.3. The number of hydrogen-bond donors (Lipinski definition) is 0. The maximum Gasteiger partial charge on any atom is 0.271 e. The highest BCUT2D eigenvalue weighted by Crippen LogP contribution is 2.32. The average Bonchev–Trinajstić information content (AvgIpc) is 3.04. The van der Waals surface area contributed by atoms with Crippen molar-refractivity contribution < 1.29 is 4.74 Å². The molecular formula is C21H24N2O2S. The van der Waals surface area contributed by atoms with E-state index >= 15 is 0 Å². The molecule has 0 radical (unpaired) electrons. The van der Waals surface area contributed by atoms with Crippen molar-refractivity contribution in [2.75, 3.05) is 31.2 Å². The summed E-state index contributed by atoms with van der Waals surface area (Å²) >= 11 is 1.59. The van der Waals surface area contributed by atoms with E-state index in [1.54, 1.807) is 11.5 Å². The molecule has 26 heavy (non-hydrogen) atoms. The Morgan fingerprint density at radius 2 is 1.85 bits per heavy atom. The quantitative estimate of drug-likeness (QED) is 0.674. The smallest absolute Gasteiger partial charge is 0.271 e. The molecule has 1 aliphatic heterocycles. The topological polar surface area (TPSA) is 34.5 Å². The van der Waals surface area contributed by atoms with Gasteiger partial charge in [0.05, 0.1) is 35.0 Å².